The summed E-state index contributed by atoms with van der Waals surface area (Å²) < 4.78 is 0. The Morgan fingerprint density at radius 1 is 1.31 bits per heavy atom. The van der Waals surface area contributed by atoms with Crippen molar-refractivity contribution in [3.63, 3.8) is 0 Å². The van der Waals surface area contributed by atoms with E-state index in [4.69, 9.17) is 10.9 Å². The molecule has 16 heavy (non-hydrogen) atoms. The van der Waals surface area contributed by atoms with Crippen LogP contribution < -0.4 is 16.4 Å². The van der Waals surface area contributed by atoms with Crippen LogP contribution in [0.4, 0.5) is 0 Å². The number of amidine groups is 1. The largest absolute Gasteiger partial charge is 0.409 e. The molecule has 0 fully saturated rings. The van der Waals surface area contributed by atoms with E-state index in [0.29, 0.717) is 25.9 Å². The third-order valence-corrected chi connectivity index (χ3v) is 2.07. The second-order valence-electron chi connectivity index (χ2n) is 3.50. The average Bonchev–Trinajstić information content (AvgIpc) is 2.27. The van der Waals surface area contributed by atoms with E-state index in [0.717, 1.165) is 19.4 Å². The molecule has 0 radical (unpaired) electrons. The lowest BCUT2D eigenvalue weighted by molar-refractivity contribution is -0.120. The molecule has 0 saturated heterocycles. The third kappa shape index (κ3) is 9.26. The van der Waals surface area contributed by atoms with E-state index in [-0.39, 0.29) is 11.7 Å². The topological polar surface area (TPSA) is 99.7 Å². The summed E-state index contributed by atoms with van der Waals surface area (Å²) in [5.41, 5.74) is 5.31. The minimum absolute atomic E-state index is 0.0756. The van der Waals surface area contributed by atoms with Crippen molar-refractivity contribution in [3.8, 4) is 0 Å². The Bertz CT molecular complexity index is 219. The zero-order valence-electron chi connectivity index (χ0n) is 9.83. The van der Waals surface area contributed by atoms with Gasteiger partial charge in [0, 0.05) is 25.9 Å². The highest BCUT2D eigenvalue weighted by Gasteiger charge is 1.98. The van der Waals surface area contributed by atoms with E-state index in [1.165, 1.54) is 0 Å². The molecule has 1 amide bonds. The molecule has 0 unspecified atom stereocenters. The fourth-order valence-corrected chi connectivity index (χ4v) is 1.22. The molecule has 0 aromatic rings. The maximum absolute atomic E-state index is 11.0. The molecule has 0 aliphatic heterocycles. The minimum Gasteiger partial charge on any atom is -0.409 e. The Labute approximate surface area is 96.3 Å². The molecule has 0 aliphatic carbocycles. The lowest BCUT2D eigenvalue weighted by Gasteiger charge is -2.04. The molecular formula is C10H22N4O2. The van der Waals surface area contributed by atoms with Gasteiger partial charge >= 0.3 is 0 Å². The minimum atomic E-state index is 0.0756. The molecule has 6 heteroatoms. The number of amides is 1. The van der Waals surface area contributed by atoms with Gasteiger partial charge in [-0.1, -0.05) is 5.16 Å². The van der Waals surface area contributed by atoms with Crippen LogP contribution in [0, 0.1) is 0 Å². The molecule has 0 aliphatic rings. The molecule has 0 rings (SSSR count). The summed E-state index contributed by atoms with van der Waals surface area (Å²) in [6, 6.07) is 0. The number of nitrogens with zero attached hydrogens (tertiary/aromatic N) is 1. The van der Waals surface area contributed by atoms with E-state index in [9.17, 15) is 4.79 Å². The molecule has 94 valence electrons. The first-order chi connectivity index (χ1) is 7.70. The van der Waals surface area contributed by atoms with Crippen molar-refractivity contribution in [1.29, 1.82) is 0 Å². The molecule has 0 aromatic heterocycles. The number of carbonyl (C=O) groups is 1. The van der Waals surface area contributed by atoms with Crippen LogP contribution >= 0.6 is 0 Å². The average molecular weight is 230 g/mol. The third-order valence-electron chi connectivity index (χ3n) is 2.07. The normalized spacial score (nSPS) is 11.4. The smallest absolute Gasteiger partial charge is 0.221 e. The number of oxime groups is 1. The van der Waals surface area contributed by atoms with Crippen molar-refractivity contribution in [1.82, 2.24) is 10.6 Å². The fourth-order valence-electron chi connectivity index (χ4n) is 1.22. The highest BCUT2D eigenvalue weighted by molar-refractivity contribution is 5.79. The first kappa shape index (κ1) is 14.7. The Balaban J connectivity index is 3.18. The zero-order chi connectivity index (χ0) is 12.2. The van der Waals surface area contributed by atoms with Gasteiger partial charge in [0.2, 0.25) is 5.91 Å². The first-order valence-electron chi connectivity index (χ1n) is 5.64. The van der Waals surface area contributed by atoms with Gasteiger partial charge in [-0.05, 0) is 26.3 Å². The van der Waals surface area contributed by atoms with Crippen LogP contribution in [0.1, 0.15) is 32.6 Å². The fraction of sp³-hybridized carbons (Fsp3) is 0.800. The Morgan fingerprint density at radius 2 is 2.06 bits per heavy atom. The van der Waals surface area contributed by atoms with E-state index >= 15 is 0 Å². The van der Waals surface area contributed by atoms with E-state index < -0.39 is 0 Å². The van der Waals surface area contributed by atoms with Crippen LogP contribution in [0.5, 0.6) is 0 Å². The molecule has 0 saturated carbocycles. The van der Waals surface area contributed by atoms with Crippen LogP contribution in [-0.4, -0.2) is 36.6 Å². The van der Waals surface area contributed by atoms with Crippen LogP contribution in [0.3, 0.4) is 0 Å². The second kappa shape index (κ2) is 10.2. The summed E-state index contributed by atoms with van der Waals surface area (Å²) in [6.07, 6.45) is 2.94. The van der Waals surface area contributed by atoms with E-state index in [1.807, 2.05) is 6.92 Å². The Morgan fingerprint density at radius 3 is 2.69 bits per heavy atom. The first-order valence-corrected chi connectivity index (χ1v) is 5.64. The predicted octanol–water partition coefficient (Wildman–Crippen LogP) is 0.0189. The molecule has 0 heterocycles. The second-order valence-corrected chi connectivity index (χ2v) is 3.50. The summed E-state index contributed by atoms with van der Waals surface area (Å²) in [5.74, 6) is 0.342. The van der Waals surface area contributed by atoms with Gasteiger partial charge in [-0.15, -0.1) is 0 Å². The lowest BCUT2D eigenvalue weighted by Crippen LogP contribution is -2.27. The van der Waals surface area contributed by atoms with Crippen molar-refractivity contribution < 1.29 is 10.0 Å². The van der Waals surface area contributed by atoms with Crippen molar-refractivity contribution in [2.75, 3.05) is 19.6 Å². The van der Waals surface area contributed by atoms with Crippen LogP contribution in [0.2, 0.25) is 0 Å². The number of unbranched alkanes of at least 4 members (excludes halogenated alkanes) is 1. The Hall–Kier alpha value is -1.30. The van der Waals surface area contributed by atoms with Crippen molar-refractivity contribution in [2.45, 2.75) is 32.6 Å². The van der Waals surface area contributed by atoms with Gasteiger partial charge in [0.1, 0.15) is 5.84 Å². The van der Waals surface area contributed by atoms with Crippen molar-refractivity contribution in [2.24, 2.45) is 10.9 Å². The molecular weight excluding hydrogens is 208 g/mol. The van der Waals surface area contributed by atoms with Gasteiger partial charge in [-0.3, -0.25) is 4.79 Å². The van der Waals surface area contributed by atoms with Gasteiger partial charge < -0.3 is 21.6 Å². The van der Waals surface area contributed by atoms with Crippen LogP contribution in [0.25, 0.3) is 0 Å². The number of carbonyl (C=O) groups excluding carboxylic acids is 1. The molecule has 0 atom stereocenters. The van der Waals surface area contributed by atoms with Crippen molar-refractivity contribution >= 4 is 11.7 Å². The monoisotopic (exact) mass is 230 g/mol. The SMILES string of the molecule is CCNC(=O)CCNCCCCC(N)=NO. The quantitative estimate of drug-likeness (QED) is 0.147. The molecule has 6 nitrogen and oxygen atoms in total. The maximum atomic E-state index is 11.0. The molecule has 0 bridgehead atoms. The van der Waals surface area contributed by atoms with E-state index in [2.05, 4.69) is 15.8 Å². The summed E-state index contributed by atoms with van der Waals surface area (Å²) >= 11 is 0. The molecule has 0 aromatic carbocycles. The predicted molar refractivity (Wildman–Crippen MR) is 63.4 cm³/mol. The summed E-state index contributed by atoms with van der Waals surface area (Å²) in [7, 11) is 0. The summed E-state index contributed by atoms with van der Waals surface area (Å²) in [6.45, 7) is 4.12. The van der Waals surface area contributed by atoms with E-state index in [1.54, 1.807) is 0 Å². The van der Waals surface area contributed by atoms with Gasteiger partial charge in [-0.2, -0.15) is 0 Å². The van der Waals surface area contributed by atoms with Gasteiger partial charge in [0.25, 0.3) is 0 Å². The highest BCUT2D eigenvalue weighted by atomic mass is 16.4. The van der Waals surface area contributed by atoms with Crippen LogP contribution in [-0.2, 0) is 4.79 Å². The number of rotatable bonds is 9. The number of nitrogens with one attached hydrogen (secondary N) is 2. The summed E-state index contributed by atoms with van der Waals surface area (Å²) in [5, 5.41) is 17.1. The maximum Gasteiger partial charge on any atom is 0.221 e. The Kier molecular flexibility index (Phi) is 9.39. The number of hydrogen-bond donors (Lipinski definition) is 4. The highest BCUT2D eigenvalue weighted by Crippen LogP contribution is 1.93. The standard InChI is InChI=1S/C10H22N4O2/c1-2-13-10(15)6-8-12-7-4-3-5-9(11)14-16/h12,16H,2-8H2,1H3,(H2,11,14)(H,13,15). The van der Waals surface area contributed by atoms with Crippen LogP contribution in [0.15, 0.2) is 5.16 Å². The van der Waals surface area contributed by atoms with Gasteiger partial charge in [0.15, 0.2) is 0 Å². The zero-order valence-corrected chi connectivity index (χ0v) is 9.83. The lowest BCUT2D eigenvalue weighted by atomic mass is 10.2. The number of hydrogen-bond acceptors (Lipinski definition) is 4. The molecule has 5 N–H and O–H groups in total. The van der Waals surface area contributed by atoms with Gasteiger partial charge in [0.05, 0.1) is 0 Å². The number of nitrogens with two attached hydrogens (primary N) is 1. The summed E-state index contributed by atoms with van der Waals surface area (Å²) in [4.78, 5) is 11.0. The van der Waals surface area contributed by atoms with Gasteiger partial charge in [-0.25, -0.2) is 0 Å². The van der Waals surface area contributed by atoms with Crippen molar-refractivity contribution in [3.05, 3.63) is 0 Å². The molecule has 0 spiro atoms.